The van der Waals surface area contributed by atoms with E-state index in [4.69, 9.17) is 9.47 Å². The third-order valence-corrected chi connectivity index (χ3v) is 5.55. The van der Waals surface area contributed by atoms with E-state index in [2.05, 4.69) is 29.2 Å². The van der Waals surface area contributed by atoms with Crippen molar-refractivity contribution < 1.29 is 14.3 Å². The quantitative estimate of drug-likeness (QED) is 0.794. The number of carbonyl (C=O) groups is 1. The molecule has 2 aromatic carbocycles. The molecular weight excluding hydrogens is 352 g/mol. The fraction of sp³-hybridized carbons (Fsp3) is 0.435. The lowest BCUT2D eigenvalue weighted by Crippen LogP contribution is -2.37. The van der Waals surface area contributed by atoms with Crippen molar-refractivity contribution in [2.45, 2.75) is 31.8 Å². The van der Waals surface area contributed by atoms with Gasteiger partial charge in [0.1, 0.15) is 0 Å². The molecule has 0 radical (unpaired) electrons. The van der Waals surface area contributed by atoms with Gasteiger partial charge in [-0.1, -0.05) is 36.4 Å². The minimum Gasteiger partial charge on any atom is -0.490 e. The molecule has 0 aliphatic carbocycles. The molecule has 2 aliphatic heterocycles. The van der Waals surface area contributed by atoms with E-state index in [1.54, 1.807) is 0 Å². The van der Waals surface area contributed by atoms with Crippen molar-refractivity contribution in [1.29, 1.82) is 0 Å². The summed E-state index contributed by atoms with van der Waals surface area (Å²) in [6.07, 6.45) is 3.08. The zero-order valence-electron chi connectivity index (χ0n) is 16.5. The van der Waals surface area contributed by atoms with Crippen LogP contribution in [0.25, 0.3) is 0 Å². The molecule has 2 aliphatic rings. The molecule has 1 amide bonds. The third kappa shape index (κ3) is 4.30. The van der Waals surface area contributed by atoms with E-state index < -0.39 is 0 Å². The maximum atomic E-state index is 12.8. The van der Waals surface area contributed by atoms with E-state index in [-0.39, 0.29) is 11.9 Å². The first-order valence-electron chi connectivity index (χ1n) is 10.1. The zero-order chi connectivity index (χ0) is 19.3. The van der Waals surface area contributed by atoms with Gasteiger partial charge < -0.3 is 14.4 Å². The van der Waals surface area contributed by atoms with Crippen LogP contribution in [0, 0.1) is 0 Å². The molecule has 2 aromatic rings. The van der Waals surface area contributed by atoms with E-state index in [9.17, 15) is 4.79 Å². The second-order valence-electron chi connectivity index (χ2n) is 7.62. The molecule has 148 valence electrons. The molecule has 0 spiro atoms. The van der Waals surface area contributed by atoms with E-state index in [1.165, 1.54) is 5.56 Å². The van der Waals surface area contributed by atoms with E-state index >= 15 is 0 Å². The van der Waals surface area contributed by atoms with Gasteiger partial charge in [-0.25, -0.2) is 0 Å². The number of fused-ring (bicyclic) bond motifs is 1. The number of hydrogen-bond donors (Lipinski definition) is 0. The molecule has 1 atom stereocenters. The highest BCUT2D eigenvalue weighted by molar-refractivity contribution is 5.78. The van der Waals surface area contributed by atoms with Crippen LogP contribution in [-0.4, -0.2) is 49.1 Å². The van der Waals surface area contributed by atoms with Gasteiger partial charge in [-0.3, -0.25) is 9.69 Å². The van der Waals surface area contributed by atoms with Crippen LogP contribution in [0.2, 0.25) is 0 Å². The summed E-state index contributed by atoms with van der Waals surface area (Å²) in [7, 11) is 1.88. The molecule has 1 fully saturated rings. The van der Waals surface area contributed by atoms with Crippen LogP contribution in [-0.2, 0) is 11.3 Å². The fourth-order valence-electron chi connectivity index (χ4n) is 4.02. The van der Waals surface area contributed by atoms with Crippen molar-refractivity contribution in [1.82, 2.24) is 9.80 Å². The van der Waals surface area contributed by atoms with Gasteiger partial charge in [0, 0.05) is 26.1 Å². The Kier molecular flexibility index (Phi) is 5.81. The number of ether oxygens (including phenoxy) is 2. The molecule has 2 heterocycles. The standard InChI is InChI=1S/C23H28N2O3/c1-24(16-18-7-3-2-4-8-18)23(26)17-25-12-5-9-20(25)19-10-11-21-22(15-19)28-14-6-13-27-21/h2-4,7-8,10-11,15,20H,5-6,9,12-14,16-17H2,1H3/t20-/m0/s1. The summed E-state index contributed by atoms with van der Waals surface area (Å²) in [5.74, 6) is 1.81. The number of amides is 1. The van der Waals surface area contributed by atoms with Crippen molar-refractivity contribution in [3.05, 3.63) is 59.7 Å². The predicted octanol–water partition coefficient (Wildman–Crippen LogP) is 3.64. The first-order chi connectivity index (χ1) is 13.7. The third-order valence-electron chi connectivity index (χ3n) is 5.55. The van der Waals surface area contributed by atoms with Gasteiger partial charge in [0.15, 0.2) is 11.5 Å². The van der Waals surface area contributed by atoms with Crippen LogP contribution in [0.1, 0.15) is 36.4 Å². The lowest BCUT2D eigenvalue weighted by atomic mass is 10.0. The van der Waals surface area contributed by atoms with Gasteiger partial charge in [0.05, 0.1) is 19.8 Å². The molecule has 5 nitrogen and oxygen atoms in total. The van der Waals surface area contributed by atoms with E-state index in [1.807, 2.05) is 36.2 Å². The Labute approximate surface area is 166 Å². The molecule has 1 saturated heterocycles. The Morgan fingerprint density at radius 3 is 2.68 bits per heavy atom. The second kappa shape index (κ2) is 8.65. The van der Waals surface area contributed by atoms with Gasteiger partial charge in [0.25, 0.3) is 0 Å². The molecule has 5 heteroatoms. The molecule has 0 saturated carbocycles. The SMILES string of the molecule is CN(Cc1ccccc1)C(=O)CN1CCC[C@H]1c1ccc2c(c1)OCCCO2. The van der Waals surface area contributed by atoms with E-state index in [0.29, 0.717) is 26.3 Å². The lowest BCUT2D eigenvalue weighted by Gasteiger charge is -2.27. The average molecular weight is 380 g/mol. The maximum Gasteiger partial charge on any atom is 0.236 e. The van der Waals surface area contributed by atoms with Crippen molar-refractivity contribution in [2.75, 3.05) is 33.4 Å². The predicted molar refractivity (Wildman–Crippen MR) is 109 cm³/mol. The van der Waals surface area contributed by atoms with Crippen molar-refractivity contribution in [3.63, 3.8) is 0 Å². The summed E-state index contributed by atoms with van der Waals surface area (Å²) in [6.45, 7) is 3.42. The van der Waals surface area contributed by atoms with Crippen molar-refractivity contribution in [2.24, 2.45) is 0 Å². The molecule has 0 unspecified atom stereocenters. The van der Waals surface area contributed by atoms with Crippen LogP contribution in [0.3, 0.4) is 0 Å². The second-order valence-corrected chi connectivity index (χ2v) is 7.62. The monoisotopic (exact) mass is 380 g/mol. The highest BCUT2D eigenvalue weighted by Crippen LogP contribution is 2.37. The summed E-state index contributed by atoms with van der Waals surface area (Å²) < 4.78 is 11.6. The van der Waals surface area contributed by atoms with E-state index in [0.717, 1.165) is 42.9 Å². The minimum atomic E-state index is 0.157. The number of likely N-dealkylation sites (tertiary alicyclic amines) is 1. The molecule has 0 bridgehead atoms. The Hall–Kier alpha value is -2.53. The molecule has 0 aromatic heterocycles. The lowest BCUT2D eigenvalue weighted by molar-refractivity contribution is -0.131. The van der Waals surface area contributed by atoms with Crippen LogP contribution >= 0.6 is 0 Å². The molecule has 0 N–H and O–H groups in total. The number of likely N-dealkylation sites (N-methyl/N-ethyl adjacent to an activating group) is 1. The topological polar surface area (TPSA) is 42.0 Å². The number of benzene rings is 2. The average Bonchev–Trinajstić information content (AvgIpc) is 3.04. The Morgan fingerprint density at radius 1 is 1.07 bits per heavy atom. The Bertz CT molecular complexity index is 809. The van der Waals surface area contributed by atoms with Crippen molar-refractivity contribution in [3.8, 4) is 11.5 Å². The summed E-state index contributed by atoms with van der Waals surface area (Å²) in [5.41, 5.74) is 2.36. The fourth-order valence-corrected chi connectivity index (χ4v) is 4.02. The van der Waals surface area contributed by atoms with Gasteiger partial charge in [-0.05, 0) is 42.6 Å². The normalized spacial score (nSPS) is 19.2. The highest BCUT2D eigenvalue weighted by atomic mass is 16.5. The highest BCUT2D eigenvalue weighted by Gasteiger charge is 2.29. The number of nitrogens with zero attached hydrogens (tertiary/aromatic N) is 2. The number of carbonyl (C=O) groups excluding carboxylic acids is 1. The van der Waals surface area contributed by atoms with Crippen LogP contribution in [0.15, 0.2) is 48.5 Å². The number of hydrogen-bond acceptors (Lipinski definition) is 4. The van der Waals surface area contributed by atoms with Crippen LogP contribution in [0.4, 0.5) is 0 Å². The van der Waals surface area contributed by atoms with Gasteiger partial charge >= 0.3 is 0 Å². The first-order valence-corrected chi connectivity index (χ1v) is 10.1. The summed E-state index contributed by atoms with van der Waals surface area (Å²) in [6, 6.07) is 16.6. The van der Waals surface area contributed by atoms with Gasteiger partial charge in [0.2, 0.25) is 5.91 Å². The van der Waals surface area contributed by atoms with Crippen LogP contribution in [0.5, 0.6) is 11.5 Å². The maximum absolute atomic E-state index is 12.8. The van der Waals surface area contributed by atoms with Crippen LogP contribution < -0.4 is 9.47 Å². The largest absolute Gasteiger partial charge is 0.490 e. The van der Waals surface area contributed by atoms with Crippen molar-refractivity contribution >= 4 is 5.91 Å². The van der Waals surface area contributed by atoms with Gasteiger partial charge in [-0.2, -0.15) is 0 Å². The first kappa shape index (κ1) is 18.8. The molecule has 4 rings (SSSR count). The Balaban J connectivity index is 1.42. The molecular formula is C23H28N2O3. The minimum absolute atomic E-state index is 0.157. The van der Waals surface area contributed by atoms with Gasteiger partial charge in [-0.15, -0.1) is 0 Å². The Morgan fingerprint density at radius 2 is 1.86 bits per heavy atom. The summed E-state index contributed by atoms with van der Waals surface area (Å²) in [4.78, 5) is 16.9. The summed E-state index contributed by atoms with van der Waals surface area (Å²) >= 11 is 0. The zero-order valence-corrected chi connectivity index (χ0v) is 16.5. The number of rotatable bonds is 5. The smallest absolute Gasteiger partial charge is 0.236 e. The molecule has 28 heavy (non-hydrogen) atoms. The summed E-state index contributed by atoms with van der Waals surface area (Å²) in [5, 5.41) is 0.